The molecule has 374 valence electrons. The fourth-order valence-electron chi connectivity index (χ4n) is 13.9. The Morgan fingerprint density at radius 1 is 0.263 bits per heavy atom. The van der Waals surface area contributed by atoms with Crippen molar-refractivity contribution in [3.63, 3.8) is 0 Å². The van der Waals surface area contributed by atoms with Gasteiger partial charge in [0.2, 0.25) is 0 Å². The molecule has 0 spiro atoms. The minimum Gasteiger partial charge on any atom is -0.308 e. The minimum atomic E-state index is -0.586. The highest BCUT2D eigenvalue weighted by atomic mass is 32.2. The lowest BCUT2D eigenvalue weighted by molar-refractivity contribution is 0.763. The van der Waals surface area contributed by atoms with Crippen LogP contribution in [0.2, 0.25) is 0 Å². The molecule has 10 aromatic carbocycles. The average molecular weight is 1060 g/mol. The van der Waals surface area contributed by atoms with Crippen molar-refractivity contribution in [1.82, 2.24) is 15.0 Å². The van der Waals surface area contributed by atoms with Crippen LogP contribution in [0.1, 0.15) is 44.5 Å². The average Bonchev–Trinajstić information content (AvgIpc) is 4.19. The van der Waals surface area contributed by atoms with Crippen molar-refractivity contribution in [3.05, 3.63) is 318 Å². The molecule has 0 saturated carbocycles. The largest absolute Gasteiger partial charge is 0.308 e. The van der Waals surface area contributed by atoms with Gasteiger partial charge in [0, 0.05) is 68.1 Å². The number of nitrogens with zero attached hydrogens (tertiary/aromatic N) is 5. The van der Waals surface area contributed by atoms with E-state index in [-0.39, 0.29) is 0 Å². The molecule has 80 heavy (non-hydrogen) atoms. The van der Waals surface area contributed by atoms with E-state index in [0.29, 0.717) is 0 Å². The third-order valence-electron chi connectivity index (χ3n) is 17.2. The second-order valence-electron chi connectivity index (χ2n) is 21.1. The Morgan fingerprint density at radius 2 is 0.650 bits per heavy atom. The molecule has 7 heteroatoms. The molecule has 1 unspecified atom stereocenters. The van der Waals surface area contributed by atoms with Crippen molar-refractivity contribution >= 4 is 79.2 Å². The van der Waals surface area contributed by atoms with E-state index in [1.54, 1.807) is 0 Å². The summed E-state index contributed by atoms with van der Waals surface area (Å²) in [4.78, 5) is 23.4. The topological polar surface area (TPSA) is 45.2 Å². The van der Waals surface area contributed by atoms with Gasteiger partial charge < -0.3 is 9.80 Å². The molecule has 4 aliphatic rings. The third-order valence-corrected chi connectivity index (χ3v) is 19.4. The molecule has 2 aliphatic heterocycles. The molecule has 0 fully saturated rings. The summed E-state index contributed by atoms with van der Waals surface area (Å²) in [6.07, 6.45) is 11.6. The molecule has 0 N–H and O–H groups in total. The summed E-state index contributed by atoms with van der Waals surface area (Å²) in [5, 5.41) is 4.75. The van der Waals surface area contributed by atoms with Crippen LogP contribution in [0.25, 0.3) is 43.8 Å². The molecule has 17 rings (SSSR count). The monoisotopic (exact) mass is 1060 g/mol. The Morgan fingerprint density at radius 3 is 1.10 bits per heavy atom. The van der Waals surface area contributed by atoms with Gasteiger partial charge >= 0.3 is 0 Å². The van der Waals surface area contributed by atoms with E-state index in [9.17, 15) is 0 Å². The van der Waals surface area contributed by atoms with E-state index in [2.05, 4.69) is 261 Å². The number of hydrogen-bond acceptors (Lipinski definition) is 7. The zero-order valence-electron chi connectivity index (χ0n) is 43.0. The van der Waals surface area contributed by atoms with Crippen LogP contribution in [0, 0.1) is 0 Å². The molecule has 5 nitrogen and oxygen atoms in total. The summed E-state index contributed by atoms with van der Waals surface area (Å²) in [6.45, 7) is 0. The number of hydrogen-bond donors (Lipinski definition) is 0. The number of para-hydroxylation sites is 2. The van der Waals surface area contributed by atoms with Gasteiger partial charge in [0.25, 0.3) is 0 Å². The smallest absolute Gasteiger partial charge is 0.0716 e. The quantitative estimate of drug-likeness (QED) is 0.154. The lowest BCUT2D eigenvalue weighted by Crippen LogP contribution is -2.29. The van der Waals surface area contributed by atoms with Gasteiger partial charge in [0.05, 0.1) is 33.6 Å². The van der Waals surface area contributed by atoms with Crippen LogP contribution in [-0.2, 0) is 10.8 Å². The fourth-order valence-corrected chi connectivity index (χ4v) is 16.1. The Balaban J connectivity index is 0.813. The van der Waals surface area contributed by atoms with Gasteiger partial charge in [-0.15, -0.1) is 0 Å². The molecule has 2 aliphatic carbocycles. The van der Waals surface area contributed by atoms with Crippen LogP contribution in [-0.4, -0.2) is 15.0 Å². The van der Waals surface area contributed by atoms with Gasteiger partial charge in [-0.25, -0.2) is 0 Å². The lowest BCUT2D eigenvalue weighted by atomic mass is 9.68. The van der Waals surface area contributed by atoms with Gasteiger partial charge in [-0.2, -0.15) is 0 Å². The van der Waals surface area contributed by atoms with E-state index in [1.165, 1.54) is 125 Å². The summed E-state index contributed by atoms with van der Waals surface area (Å²) < 4.78 is 0. The van der Waals surface area contributed by atoms with Crippen molar-refractivity contribution in [2.45, 2.75) is 30.4 Å². The zero-order valence-corrected chi connectivity index (χ0v) is 44.7. The van der Waals surface area contributed by atoms with E-state index in [1.807, 2.05) is 60.7 Å². The minimum absolute atomic E-state index is 0.548. The second-order valence-corrected chi connectivity index (χ2v) is 23.3. The number of aromatic nitrogens is 3. The molecular weight excluding hydrogens is 1010 g/mol. The number of benzene rings is 10. The van der Waals surface area contributed by atoms with Gasteiger partial charge in [0.1, 0.15) is 0 Å². The predicted molar refractivity (Wildman–Crippen MR) is 327 cm³/mol. The van der Waals surface area contributed by atoms with Crippen LogP contribution < -0.4 is 9.80 Å². The third kappa shape index (κ3) is 6.41. The van der Waals surface area contributed by atoms with Gasteiger partial charge in [0.15, 0.2) is 0 Å². The standard InChI is InChI=1S/C73H45N5S2/c1-2-12-50(13-3-1)72(51-26-32-74-33-27-51)60-16-6-4-14-56(60)58-42-70-66(44-62(58)72)77(64-18-8-10-20-68(64)79-70)54-24-22-46-39-49-41-55(25-23-47(49)38-48(46)40-54)78-65-19-9-11-21-69(65)80-71-43-59-57-15-5-7-17-61(57)73(63(59)45-67(71)78,52-28-34-75-35-29-52)53-30-36-76-37-31-53/h1-45H. The first-order valence-electron chi connectivity index (χ1n) is 27.1. The second kappa shape index (κ2) is 17.5. The summed E-state index contributed by atoms with van der Waals surface area (Å²) in [7, 11) is 0. The number of rotatable bonds is 6. The summed E-state index contributed by atoms with van der Waals surface area (Å²) >= 11 is 3.72. The Kier molecular flexibility index (Phi) is 9.94. The van der Waals surface area contributed by atoms with E-state index in [4.69, 9.17) is 0 Å². The Labute approximate surface area is 471 Å². The van der Waals surface area contributed by atoms with Crippen LogP contribution >= 0.6 is 23.5 Å². The summed E-state index contributed by atoms with van der Waals surface area (Å²) in [6, 6.07) is 88.4. The van der Waals surface area contributed by atoms with Crippen molar-refractivity contribution in [1.29, 1.82) is 0 Å². The molecule has 13 aromatic rings. The number of anilines is 6. The normalized spacial score (nSPS) is 15.8. The maximum absolute atomic E-state index is 4.51. The van der Waals surface area contributed by atoms with Crippen LogP contribution in [0.3, 0.4) is 0 Å². The van der Waals surface area contributed by atoms with E-state index < -0.39 is 10.8 Å². The molecular formula is C73H45N5S2. The van der Waals surface area contributed by atoms with Crippen molar-refractivity contribution in [3.8, 4) is 22.3 Å². The predicted octanol–water partition coefficient (Wildman–Crippen LogP) is 18.8. The molecule has 0 saturated heterocycles. The van der Waals surface area contributed by atoms with Gasteiger partial charge in [-0.1, -0.05) is 139 Å². The van der Waals surface area contributed by atoms with Crippen molar-refractivity contribution in [2.75, 3.05) is 9.80 Å². The molecule has 3 aromatic heterocycles. The SMILES string of the molecule is c1ccc(C2(c3ccncc3)c3ccccc3-c3cc4c(cc32)N(c2ccc3cc5cc(N6c7ccccc7Sc7cc8c(cc76)C(c6ccncc6)(c6ccncc6)c6ccccc6-8)ccc5cc3c2)c2ccccc2S4)cc1. The zero-order chi connectivity index (χ0) is 52.5. The molecule has 5 heterocycles. The highest BCUT2D eigenvalue weighted by molar-refractivity contribution is 8.00. The number of pyridine rings is 3. The van der Waals surface area contributed by atoms with E-state index in [0.717, 1.165) is 17.1 Å². The van der Waals surface area contributed by atoms with Crippen LogP contribution in [0.15, 0.2) is 293 Å². The van der Waals surface area contributed by atoms with Crippen molar-refractivity contribution in [2.24, 2.45) is 0 Å². The van der Waals surface area contributed by atoms with Crippen LogP contribution in [0.4, 0.5) is 34.1 Å². The fraction of sp³-hybridized carbons (Fsp3) is 0.0274. The van der Waals surface area contributed by atoms with Crippen LogP contribution in [0.5, 0.6) is 0 Å². The maximum atomic E-state index is 4.51. The molecule has 0 bridgehead atoms. The lowest BCUT2D eigenvalue weighted by Gasteiger charge is -2.37. The highest BCUT2D eigenvalue weighted by Gasteiger charge is 2.49. The van der Waals surface area contributed by atoms with E-state index >= 15 is 0 Å². The Bertz CT molecular complexity index is 4310. The van der Waals surface area contributed by atoms with Gasteiger partial charge in [-0.05, 0) is 210 Å². The summed E-state index contributed by atoms with van der Waals surface area (Å²) in [5.74, 6) is 0. The first-order valence-corrected chi connectivity index (χ1v) is 28.7. The number of fused-ring (bicyclic) bond motifs is 12. The maximum Gasteiger partial charge on any atom is 0.0716 e. The summed E-state index contributed by atoms with van der Waals surface area (Å²) in [5.41, 5.74) is 20.7. The molecule has 0 radical (unpaired) electrons. The first-order chi connectivity index (χ1) is 39.6. The highest BCUT2D eigenvalue weighted by Crippen LogP contribution is 2.63. The van der Waals surface area contributed by atoms with Crippen molar-refractivity contribution < 1.29 is 0 Å². The Hall–Kier alpha value is -9.53. The molecule has 1 atom stereocenters. The first kappa shape index (κ1) is 45.5. The molecule has 0 amide bonds. The van der Waals surface area contributed by atoms with Gasteiger partial charge in [-0.3, -0.25) is 15.0 Å².